The first kappa shape index (κ1) is 29.8. The second-order valence-corrected chi connectivity index (χ2v) is 11.1. The zero-order chi connectivity index (χ0) is 29.3. The Morgan fingerprint density at radius 3 is 2.33 bits per heavy atom. The Balaban J connectivity index is 1.96. The lowest BCUT2D eigenvalue weighted by Gasteiger charge is -2.37. The molecular weight excluding hydrogens is 518 g/mol. The zero-order valence-electron chi connectivity index (χ0n) is 22.3. The number of fused-ring (bicyclic) bond motifs is 1. The number of benzene rings is 1. The minimum atomic E-state index is -5.20. The van der Waals surface area contributed by atoms with E-state index in [0.717, 1.165) is 0 Å². The van der Waals surface area contributed by atoms with E-state index in [1.54, 1.807) is 11.4 Å². The molecule has 1 fully saturated rings. The molecule has 12 heteroatoms. The average molecular weight is 550 g/mol. The number of alkyl halides is 3. The molecule has 0 bridgehead atoms. The number of pyridine rings is 1. The van der Waals surface area contributed by atoms with Gasteiger partial charge in [0.1, 0.15) is 23.9 Å². The Morgan fingerprint density at radius 2 is 1.77 bits per heavy atom. The van der Waals surface area contributed by atoms with Crippen LogP contribution < -0.4 is 10.6 Å². The van der Waals surface area contributed by atoms with E-state index in [4.69, 9.17) is 0 Å². The summed E-state index contributed by atoms with van der Waals surface area (Å²) < 4.78 is 53.4. The Labute approximate surface area is 223 Å². The number of nitriles is 1. The fraction of sp³-hybridized carbons (Fsp3) is 0.519. The van der Waals surface area contributed by atoms with Crippen molar-refractivity contribution in [3.63, 3.8) is 0 Å². The van der Waals surface area contributed by atoms with E-state index in [1.807, 2.05) is 19.9 Å². The largest absolute Gasteiger partial charge is 0.471 e. The summed E-state index contributed by atoms with van der Waals surface area (Å²) in [6.07, 6.45) is -2.16. The summed E-state index contributed by atoms with van der Waals surface area (Å²) in [6, 6.07) is 2.36. The van der Waals surface area contributed by atoms with Gasteiger partial charge >= 0.3 is 12.1 Å². The summed E-state index contributed by atoms with van der Waals surface area (Å²) in [5, 5.41) is 14.9. The molecule has 2 aromatic rings. The van der Waals surface area contributed by atoms with Crippen LogP contribution in [-0.4, -0.2) is 52.4 Å². The lowest BCUT2D eigenvalue weighted by molar-refractivity contribution is -0.176. The number of nitrogens with one attached hydrogen (secondary N) is 2. The molecule has 1 aromatic carbocycles. The Kier molecular flexibility index (Phi) is 8.53. The predicted octanol–water partition coefficient (Wildman–Crippen LogP) is 4.02. The van der Waals surface area contributed by atoms with Crippen LogP contribution in [0, 0.1) is 34.4 Å². The van der Waals surface area contributed by atoms with Gasteiger partial charge in [0.25, 0.3) is 0 Å². The fourth-order valence-corrected chi connectivity index (χ4v) is 4.94. The summed E-state index contributed by atoms with van der Waals surface area (Å²) in [5.74, 6) is -4.77. The summed E-state index contributed by atoms with van der Waals surface area (Å²) in [4.78, 5) is 44.2. The van der Waals surface area contributed by atoms with Crippen molar-refractivity contribution in [1.29, 1.82) is 5.26 Å². The molecule has 3 amide bonds. The lowest BCUT2D eigenvalue weighted by Crippen LogP contribution is -2.60. The van der Waals surface area contributed by atoms with Crippen LogP contribution in [0.1, 0.15) is 52.6 Å². The number of rotatable bonds is 6. The molecule has 1 aromatic heterocycles. The summed E-state index contributed by atoms with van der Waals surface area (Å²) >= 11 is 0. The van der Waals surface area contributed by atoms with Crippen LogP contribution in [0.15, 0.2) is 30.6 Å². The minimum absolute atomic E-state index is 0.0759. The highest BCUT2D eigenvalue weighted by molar-refractivity contribution is 5.95. The number of carbonyl (C=O) groups excluding carboxylic acids is 3. The second-order valence-electron chi connectivity index (χ2n) is 11.1. The third-order valence-electron chi connectivity index (χ3n) is 7.01. The van der Waals surface area contributed by atoms with Gasteiger partial charge in [-0.3, -0.25) is 19.4 Å². The molecule has 0 aliphatic carbocycles. The molecule has 0 spiro atoms. The molecule has 2 heterocycles. The lowest BCUT2D eigenvalue weighted by atomic mass is 9.84. The predicted molar refractivity (Wildman–Crippen MR) is 134 cm³/mol. The van der Waals surface area contributed by atoms with Crippen LogP contribution in [0.25, 0.3) is 10.8 Å². The van der Waals surface area contributed by atoms with Crippen LogP contribution in [0.2, 0.25) is 0 Å². The van der Waals surface area contributed by atoms with Crippen LogP contribution >= 0.6 is 0 Å². The molecule has 0 radical (unpaired) electrons. The number of hydrogen-bond donors (Lipinski definition) is 2. The van der Waals surface area contributed by atoms with Crippen molar-refractivity contribution in [3.05, 3.63) is 42.0 Å². The normalized spacial score (nSPS) is 19.5. The highest BCUT2D eigenvalue weighted by Gasteiger charge is 2.49. The molecule has 3 rings (SSSR count). The van der Waals surface area contributed by atoms with Crippen LogP contribution in [0.3, 0.4) is 0 Å². The zero-order valence-corrected chi connectivity index (χ0v) is 22.3. The quantitative estimate of drug-likeness (QED) is 0.529. The van der Waals surface area contributed by atoms with E-state index in [-0.39, 0.29) is 29.3 Å². The van der Waals surface area contributed by atoms with Crippen molar-refractivity contribution in [2.24, 2.45) is 17.3 Å². The van der Waals surface area contributed by atoms with Crippen LogP contribution in [-0.2, 0) is 14.4 Å². The fourth-order valence-electron chi connectivity index (χ4n) is 4.94. The minimum Gasteiger partial charge on any atom is -0.336 e. The number of likely N-dealkylation sites (tertiary alicyclic amines) is 1. The Morgan fingerprint density at radius 1 is 1.10 bits per heavy atom. The maximum absolute atomic E-state index is 14.3. The summed E-state index contributed by atoms with van der Waals surface area (Å²) in [5.41, 5.74) is -0.854. The van der Waals surface area contributed by atoms with Crippen molar-refractivity contribution < 1.29 is 31.9 Å². The molecule has 1 aliphatic heterocycles. The van der Waals surface area contributed by atoms with E-state index in [9.17, 15) is 37.2 Å². The summed E-state index contributed by atoms with van der Waals surface area (Å²) in [7, 11) is 0. The van der Waals surface area contributed by atoms with E-state index in [0.29, 0.717) is 11.8 Å². The van der Waals surface area contributed by atoms with Gasteiger partial charge in [0, 0.05) is 29.9 Å². The van der Waals surface area contributed by atoms with E-state index >= 15 is 0 Å². The monoisotopic (exact) mass is 549 g/mol. The standard InChI is InChI=1S/C27H31F4N5O3/c1-14(2)15-9-10-36(24(38)22(26(3,4)5)35-25(39)27(29,30)31)21(15)23(37)34-20(11-32)18-13-33-12-17-16(18)7-6-8-19(17)28/h6-8,12-15,20-22H,9-10H2,1-5H3,(H,34,37)(H,35,39)/t15-,20+,21+,22-/m1/s1. The molecule has 1 aliphatic rings. The van der Waals surface area contributed by atoms with Gasteiger partial charge in [-0.15, -0.1) is 0 Å². The van der Waals surface area contributed by atoms with Crippen molar-refractivity contribution >= 4 is 28.5 Å². The molecule has 0 unspecified atom stereocenters. The molecule has 210 valence electrons. The average Bonchev–Trinajstić information content (AvgIpc) is 3.30. The van der Waals surface area contributed by atoms with Crippen LogP contribution in [0.5, 0.6) is 0 Å². The van der Waals surface area contributed by atoms with Crippen molar-refractivity contribution in [2.75, 3.05) is 6.54 Å². The van der Waals surface area contributed by atoms with Gasteiger partial charge in [-0.2, -0.15) is 18.4 Å². The van der Waals surface area contributed by atoms with Crippen molar-refractivity contribution in [1.82, 2.24) is 20.5 Å². The molecule has 2 N–H and O–H groups in total. The number of hydrogen-bond acceptors (Lipinski definition) is 5. The first-order chi connectivity index (χ1) is 18.1. The SMILES string of the molecule is CC(C)[C@H]1CCN(C(=O)[C@@H](NC(=O)C(F)(F)F)C(C)(C)C)[C@@H]1C(=O)N[C@@H](C#N)c1cncc2c(F)cccc12. The molecule has 4 atom stereocenters. The third-order valence-corrected chi connectivity index (χ3v) is 7.01. The van der Waals surface area contributed by atoms with Crippen molar-refractivity contribution in [3.8, 4) is 6.07 Å². The topological polar surface area (TPSA) is 115 Å². The third kappa shape index (κ3) is 6.29. The summed E-state index contributed by atoms with van der Waals surface area (Å²) in [6.45, 7) is 8.31. The second kappa shape index (κ2) is 11.2. The van der Waals surface area contributed by atoms with Gasteiger partial charge < -0.3 is 15.5 Å². The van der Waals surface area contributed by atoms with Gasteiger partial charge in [-0.05, 0) is 35.1 Å². The first-order valence-electron chi connectivity index (χ1n) is 12.5. The number of carbonyl (C=O) groups is 3. The van der Waals surface area contributed by atoms with E-state index in [2.05, 4.69) is 10.3 Å². The van der Waals surface area contributed by atoms with Gasteiger partial charge in [0.05, 0.1) is 6.07 Å². The van der Waals surface area contributed by atoms with Gasteiger partial charge in [-0.25, -0.2) is 4.39 Å². The number of halogens is 4. The smallest absolute Gasteiger partial charge is 0.336 e. The molecule has 1 saturated heterocycles. The Hall–Kier alpha value is -3.75. The maximum Gasteiger partial charge on any atom is 0.471 e. The number of amides is 3. The van der Waals surface area contributed by atoms with E-state index in [1.165, 1.54) is 50.2 Å². The molecule has 39 heavy (non-hydrogen) atoms. The number of nitrogens with zero attached hydrogens (tertiary/aromatic N) is 3. The highest BCUT2D eigenvalue weighted by Crippen LogP contribution is 2.34. The number of aromatic nitrogens is 1. The van der Waals surface area contributed by atoms with Gasteiger partial charge in [-0.1, -0.05) is 46.8 Å². The highest BCUT2D eigenvalue weighted by atomic mass is 19.4. The van der Waals surface area contributed by atoms with Gasteiger partial charge in [0.15, 0.2) is 0 Å². The Bertz CT molecular complexity index is 1300. The first-order valence-corrected chi connectivity index (χ1v) is 12.5. The van der Waals surface area contributed by atoms with Crippen molar-refractivity contribution in [2.45, 2.75) is 65.3 Å². The molecule has 8 nitrogen and oxygen atoms in total. The maximum atomic E-state index is 14.3. The van der Waals surface area contributed by atoms with Crippen LogP contribution in [0.4, 0.5) is 17.6 Å². The molecule has 0 saturated carbocycles. The molecular formula is C27H31F4N5O3. The van der Waals surface area contributed by atoms with Gasteiger partial charge in [0.2, 0.25) is 11.8 Å². The van der Waals surface area contributed by atoms with E-state index < -0.39 is 53.3 Å².